The van der Waals surface area contributed by atoms with E-state index in [9.17, 15) is 0 Å². The molecule has 3 heteroatoms. The Kier molecular flexibility index (Phi) is 2.50. The van der Waals surface area contributed by atoms with E-state index in [4.69, 9.17) is 9.47 Å². The number of ether oxygens (including phenoxy) is 2. The zero-order valence-corrected chi connectivity index (χ0v) is 12.7. The van der Waals surface area contributed by atoms with Crippen molar-refractivity contribution in [3.05, 3.63) is 70.8 Å². The number of fused-ring (bicyclic) bond motifs is 2. The molecular weight excluding hydrogens is 292 g/mol. The van der Waals surface area contributed by atoms with Crippen LogP contribution in [0.5, 0.6) is 11.5 Å². The second kappa shape index (κ2) is 4.43. The SMILES string of the molecule is C1=C2CSCC3=Cc4ccccc4OC23Oc2ccccc21. The lowest BCUT2D eigenvalue weighted by Gasteiger charge is -2.45. The van der Waals surface area contributed by atoms with Gasteiger partial charge < -0.3 is 9.47 Å². The van der Waals surface area contributed by atoms with E-state index in [1.54, 1.807) is 0 Å². The van der Waals surface area contributed by atoms with E-state index in [0.29, 0.717) is 0 Å². The zero-order valence-electron chi connectivity index (χ0n) is 11.9. The van der Waals surface area contributed by atoms with Crippen LogP contribution in [0.1, 0.15) is 11.1 Å². The molecule has 1 saturated heterocycles. The quantitative estimate of drug-likeness (QED) is 0.719. The molecule has 2 aromatic carbocycles. The van der Waals surface area contributed by atoms with E-state index in [0.717, 1.165) is 34.1 Å². The fourth-order valence-electron chi connectivity index (χ4n) is 3.29. The topological polar surface area (TPSA) is 18.5 Å². The van der Waals surface area contributed by atoms with E-state index in [2.05, 4.69) is 24.3 Å². The molecule has 0 aliphatic carbocycles. The number of rotatable bonds is 0. The van der Waals surface area contributed by atoms with Crippen LogP contribution in [-0.2, 0) is 0 Å². The van der Waals surface area contributed by atoms with Crippen LogP contribution < -0.4 is 9.47 Å². The monoisotopic (exact) mass is 306 g/mol. The molecule has 0 saturated carbocycles. The van der Waals surface area contributed by atoms with E-state index < -0.39 is 5.79 Å². The number of para-hydroxylation sites is 2. The normalized spacial score (nSPS) is 20.0. The van der Waals surface area contributed by atoms with E-state index in [-0.39, 0.29) is 0 Å². The highest BCUT2D eigenvalue weighted by molar-refractivity contribution is 7.99. The molecule has 0 unspecified atom stereocenters. The number of hydrogen-bond donors (Lipinski definition) is 0. The van der Waals surface area contributed by atoms with Crippen molar-refractivity contribution in [1.82, 2.24) is 0 Å². The predicted octanol–water partition coefficient (Wildman–Crippen LogP) is 4.38. The zero-order chi connectivity index (χ0) is 14.6. The molecule has 2 aromatic rings. The third-order valence-electron chi connectivity index (χ3n) is 4.37. The van der Waals surface area contributed by atoms with E-state index in [1.165, 1.54) is 11.1 Å². The average Bonchev–Trinajstić information content (AvgIpc) is 2.56. The van der Waals surface area contributed by atoms with Gasteiger partial charge in [-0.05, 0) is 24.3 Å². The maximum atomic E-state index is 6.41. The molecule has 1 spiro atoms. The van der Waals surface area contributed by atoms with E-state index >= 15 is 0 Å². The van der Waals surface area contributed by atoms with Gasteiger partial charge in [0.15, 0.2) is 0 Å². The standard InChI is InChI=1S/C19H14O2S/c1-3-7-17-13(5-1)9-15-11-22-12-16-10-14-6-2-4-8-18(14)21-19(15,16)20-17/h1-10H,11-12H2. The van der Waals surface area contributed by atoms with Gasteiger partial charge in [-0.1, -0.05) is 36.4 Å². The second-order valence-corrected chi connectivity index (χ2v) is 6.71. The van der Waals surface area contributed by atoms with Gasteiger partial charge in [0.25, 0.3) is 5.79 Å². The van der Waals surface area contributed by atoms with Gasteiger partial charge >= 0.3 is 0 Å². The first-order chi connectivity index (χ1) is 10.9. The minimum atomic E-state index is -0.742. The predicted molar refractivity (Wildman–Crippen MR) is 90.2 cm³/mol. The summed E-state index contributed by atoms with van der Waals surface area (Å²) in [5.41, 5.74) is 4.66. The first-order valence-electron chi connectivity index (χ1n) is 7.41. The number of benzene rings is 2. The molecule has 3 aliphatic rings. The van der Waals surface area contributed by atoms with Crippen molar-refractivity contribution in [2.45, 2.75) is 5.79 Å². The summed E-state index contributed by atoms with van der Waals surface area (Å²) in [6.45, 7) is 0. The minimum Gasteiger partial charge on any atom is -0.444 e. The summed E-state index contributed by atoms with van der Waals surface area (Å²) in [5, 5.41) is 0. The molecule has 22 heavy (non-hydrogen) atoms. The van der Waals surface area contributed by atoms with Gasteiger partial charge in [-0.3, -0.25) is 0 Å². The molecule has 5 rings (SSSR count). The molecule has 0 bridgehead atoms. The third kappa shape index (κ3) is 1.63. The summed E-state index contributed by atoms with van der Waals surface area (Å²) in [5.74, 6) is 2.92. The van der Waals surface area contributed by atoms with Gasteiger partial charge in [0, 0.05) is 33.8 Å². The lowest BCUT2D eigenvalue weighted by atomic mass is 9.90. The Morgan fingerprint density at radius 2 is 1.23 bits per heavy atom. The van der Waals surface area contributed by atoms with Crippen molar-refractivity contribution in [3.8, 4) is 11.5 Å². The molecule has 3 heterocycles. The van der Waals surface area contributed by atoms with Crippen LogP contribution in [0, 0.1) is 0 Å². The molecule has 1 fully saturated rings. The molecule has 0 radical (unpaired) electrons. The summed E-state index contributed by atoms with van der Waals surface area (Å²) >= 11 is 1.91. The van der Waals surface area contributed by atoms with E-state index in [1.807, 2.05) is 48.2 Å². The molecule has 0 aromatic heterocycles. The van der Waals surface area contributed by atoms with Gasteiger partial charge in [0.1, 0.15) is 11.5 Å². The van der Waals surface area contributed by atoms with Crippen LogP contribution in [0.4, 0.5) is 0 Å². The molecule has 3 aliphatic heterocycles. The summed E-state index contributed by atoms with van der Waals surface area (Å²) < 4.78 is 12.8. The average molecular weight is 306 g/mol. The van der Waals surface area contributed by atoms with Crippen molar-refractivity contribution >= 4 is 23.9 Å². The Labute approximate surface area is 133 Å². The van der Waals surface area contributed by atoms with Crippen molar-refractivity contribution < 1.29 is 9.47 Å². The van der Waals surface area contributed by atoms with Gasteiger partial charge in [-0.25, -0.2) is 0 Å². The second-order valence-electron chi connectivity index (χ2n) is 5.73. The van der Waals surface area contributed by atoms with Crippen molar-refractivity contribution in [1.29, 1.82) is 0 Å². The first-order valence-corrected chi connectivity index (χ1v) is 8.57. The molecule has 108 valence electrons. The Balaban J connectivity index is 1.72. The van der Waals surface area contributed by atoms with Gasteiger partial charge in [-0.2, -0.15) is 11.8 Å². The van der Waals surface area contributed by atoms with Crippen LogP contribution in [0.2, 0.25) is 0 Å². The maximum Gasteiger partial charge on any atom is 0.299 e. The Morgan fingerprint density at radius 1 is 0.727 bits per heavy atom. The molecule has 0 atom stereocenters. The smallest absolute Gasteiger partial charge is 0.299 e. The molecular formula is C19H14O2S. The highest BCUT2D eigenvalue weighted by atomic mass is 32.2. The van der Waals surface area contributed by atoms with Crippen LogP contribution in [-0.4, -0.2) is 17.3 Å². The molecule has 2 nitrogen and oxygen atoms in total. The molecule has 0 N–H and O–H groups in total. The van der Waals surface area contributed by atoms with Crippen LogP contribution >= 0.6 is 11.8 Å². The Hall–Kier alpha value is -2.13. The highest BCUT2D eigenvalue weighted by Gasteiger charge is 2.49. The lowest BCUT2D eigenvalue weighted by Crippen LogP contribution is -2.52. The number of thioether (sulfide) groups is 1. The minimum absolute atomic E-state index is 0.742. The number of hydrogen-bond acceptors (Lipinski definition) is 3. The summed E-state index contributed by atoms with van der Waals surface area (Å²) in [6.07, 6.45) is 4.46. The van der Waals surface area contributed by atoms with Gasteiger partial charge in [-0.15, -0.1) is 0 Å². The fraction of sp³-hybridized carbons (Fsp3) is 0.158. The summed E-state index contributed by atoms with van der Waals surface area (Å²) in [7, 11) is 0. The van der Waals surface area contributed by atoms with Crippen molar-refractivity contribution in [2.75, 3.05) is 11.5 Å². The highest BCUT2D eigenvalue weighted by Crippen LogP contribution is 2.49. The third-order valence-corrected chi connectivity index (χ3v) is 5.40. The fourth-order valence-corrected chi connectivity index (χ4v) is 4.38. The molecule has 0 amide bonds. The van der Waals surface area contributed by atoms with Crippen LogP contribution in [0.15, 0.2) is 59.7 Å². The maximum absolute atomic E-state index is 6.41. The lowest BCUT2D eigenvalue weighted by molar-refractivity contribution is -0.0515. The van der Waals surface area contributed by atoms with Gasteiger partial charge in [0.05, 0.1) is 0 Å². The van der Waals surface area contributed by atoms with Crippen LogP contribution in [0.3, 0.4) is 0 Å². The first kappa shape index (κ1) is 12.4. The Bertz CT molecular complexity index is 765. The largest absolute Gasteiger partial charge is 0.444 e. The summed E-state index contributed by atoms with van der Waals surface area (Å²) in [4.78, 5) is 0. The summed E-state index contributed by atoms with van der Waals surface area (Å²) in [6, 6.07) is 16.3. The van der Waals surface area contributed by atoms with Gasteiger partial charge in [0.2, 0.25) is 0 Å². The van der Waals surface area contributed by atoms with Crippen molar-refractivity contribution in [2.24, 2.45) is 0 Å². The van der Waals surface area contributed by atoms with Crippen molar-refractivity contribution in [3.63, 3.8) is 0 Å². The Morgan fingerprint density at radius 3 is 1.77 bits per heavy atom. The van der Waals surface area contributed by atoms with Crippen LogP contribution in [0.25, 0.3) is 12.2 Å².